The van der Waals surface area contributed by atoms with Gasteiger partial charge in [-0.05, 0) is 55.8 Å². The van der Waals surface area contributed by atoms with E-state index in [1.54, 1.807) is 63.3 Å². The summed E-state index contributed by atoms with van der Waals surface area (Å²) in [6.45, 7) is 4.39. The molecular formula is C32H34N6O7. The molecule has 0 atom stereocenters. The summed E-state index contributed by atoms with van der Waals surface area (Å²) in [5.74, 6) is 0.731. The average molecular weight is 615 g/mol. The van der Waals surface area contributed by atoms with Gasteiger partial charge in [-0.15, -0.1) is 10.2 Å². The minimum atomic E-state index is -0.919. The van der Waals surface area contributed by atoms with Crippen molar-refractivity contribution < 1.29 is 33.7 Å². The summed E-state index contributed by atoms with van der Waals surface area (Å²) in [5.41, 5.74) is 0.237. The molecule has 1 saturated heterocycles. The van der Waals surface area contributed by atoms with Crippen molar-refractivity contribution in [1.29, 1.82) is 0 Å². The quantitative estimate of drug-likeness (QED) is 0.305. The number of ketones is 1. The van der Waals surface area contributed by atoms with Gasteiger partial charge in [0.05, 0.1) is 38.2 Å². The number of aryl methyl sites for hydroxylation is 1. The number of hydrogen-bond acceptors (Lipinski definition) is 10. The van der Waals surface area contributed by atoms with Gasteiger partial charge in [-0.1, -0.05) is 6.07 Å². The first-order valence-electron chi connectivity index (χ1n) is 14.7. The number of carboxylic acid groups (broad SMARTS) is 1. The lowest BCUT2D eigenvalue weighted by Gasteiger charge is -2.43. The molecule has 4 heterocycles. The van der Waals surface area contributed by atoms with Crippen molar-refractivity contribution in [1.82, 2.24) is 30.1 Å². The highest BCUT2D eigenvalue weighted by atomic mass is 16.5. The van der Waals surface area contributed by atoms with Gasteiger partial charge >= 0.3 is 5.97 Å². The van der Waals surface area contributed by atoms with Crippen molar-refractivity contribution in [3.8, 4) is 28.6 Å². The lowest BCUT2D eigenvalue weighted by Crippen LogP contribution is -2.52. The number of carbonyl (C=O) groups is 3. The molecule has 2 aliphatic heterocycles. The topological polar surface area (TPSA) is 159 Å². The van der Waals surface area contributed by atoms with Crippen molar-refractivity contribution in [2.75, 3.05) is 27.3 Å². The molecule has 4 aromatic rings. The molecular weight excluding hydrogens is 580 g/mol. The summed E-state index contributed by atoms with van der Waals surface area (Å²) in [4.78, 5) is 46.1. The Bertz CT molecular complexity index is 1810. The highest BCUT2D eigenvalue weighted by Gasteiger charge is 2.44. The normalized spacial score (nSPS) is 15.9. The van der Waals surface area contributed by atoms with Gasteiger partial charge in [-0.2, -0.15) is 4.80 Å². The summed E-state index contributed by atoms with van der Waals surface area (Å²) < 4.78 is 17.5. The van der Waals surface area contributed by atoms with E-state index < -0.39 is 17.0 Å². The van der Waals surface area contributed by atoms with Crippen LogP contribution < -0.4 is 14.2 Å². The van der Waals surface area contributed by atoms with Gasteiger partial charge in [-0.25, -0.2) is 4.98 Å². The van der Waals surface area contributed by atoms with Crippen LogP contribution in [-0.2, 0) is 11.3 Å². The Morgan fingerprint density at radius 2 is 1.82 bits per heavy atom. The number of methoxy groups -OCH3 is 2. The van der Waals surface area contributed by atoms with E-state index in [1.807, 2.05) is 12.1 Å². The number of piperidine rings is 1. The van der Waals surface area contributed by atoms with Gasteiger partial charge < -0.3 is 24.2 Å². The monoisotopic (exact) mass is 614 g/mol. The van der Waals surface area contributed by atoms with Crippen LogP contribution in [0.5, 0.6) is 17.2 Å². The molecule has 1 fully saturated rings. The second kappa shape index (κ2) is 11.5. The third-order valence-corrected chi connectivity index (χ3v) is 8.70. The van der Waals surface area contributed by atoms with Crippen LogP contribution in [0.25, 0.3) is 22.3 Å². The van der Waals surface area contributed by atoms with Crippen LogP contribution >= 0.6 is 0 Å². The van der Waals surface area contributed by atoms with E-state index in [0.717, 1.165) is 5.39 Å². The van der Waals surface area contributed by atoms with Gasteiger partial charge in [0, 0.05) is 42.9 Å². The van der Waals surface area contributed by atoms with E-state index in [2.05, 4.69) is 20.4 Å². The number of likely N-dealkylation sites (tertiary alicyclic amines) is 1. The number of carbonyl (C=O) groups excluding carboxylic acids is 2. The van der Waals surface area contributed by atoms with Crippen molar-refractivity contribution >= 4 is 28.6 Å². The fraction of sp³-hybridized carbons (Fsp3) is 0.406. The predicted molar refractivity (Wildman–Crippen MR) is 162 cm³/mol. The molecule has 234 valence electrons. The number of tetrazole rings is 1. The summed E-state index contributed by atoms with van der Waals surface area (Å²) in [5, 5.41) is 22.6. The molecule has 1 spiro atoms. The fourth-order valence-corrected chi connectivity index (χ4v) is 5.77. The second-order valence-electron chi connectivity index (χ2n) is 12.1. The number of ether oxygens (including phenoxy) is 3. The zero-order valence-corrected chi connectivity index (χ0v) is 25.6. The molecule has 2 aromatic heterocycles. The predicted octanol–water partition coefficient (Wildman–Crippen LogP) is 4.05. The van der Waals surface area contributed by atoms with Crippen LogP contribution in [0.3, 0.4) is 0 Å². The number of amides is 1. The van der Waals surface area contributed by atoms with Crippen LogP contribution in [0.2, 0.25) is 0 Å². The number of hydrogen-bond donors (Lipinski definition) is 1. The molecule has 0 bridgehead atoms. The summed E-state index contributed by atoms with van der Waals surface area (Å²) in [7, 11) is 3.11. The van der Waals surface area contributed by atoms with Crippen LogP contribution in [0.15, 0.2) is 42.5 Å². The molecule has 13 heteroatoms. The van der Waals surface area contributed by atoms with Crippen molar-refractivity contribution in [2.45, 2.75) is 51.7 Å². The lowest BCUT2D eigenvalue weighted by molar-refractivity contribution is -0.147. The van der Waals surface area contributed by atoms with E-state index in [9.17, 15) is 19.5 Å². The van der Waals surface area contributed by atoms with Gasteiger partial charge in [0.15, 0.2) is 5.78 Å². The van der Waals surface area contributed by atoms with E-state index in [1.165, 1.54) is 4.80 Å². The van der Waals surface area contributed by atoms with E-state index in [0.29, 0.717) is 78.6 Å². The number of carboxylic acids is 1. The Morgan fingerprint density at radius 3 is 2.53 bits per heavy atom. The molecule has 13 nitrogen and oxygen atoms in total. The average Bonchev–Trinajstić information content (AvgIpc) is 3.52. The molecule has 0 saturated carbocycles. The zero-order chi connectivity index (χ0) is 31.9. The molecule has 2 aliphatic rings. The highest BCUT2D eigenvalue weighted by Crippen LogP contribution is 2.41. The number of pyridine rings is 1. The van der Waals surface area contributed by atoms with E-state index in [4.69, 9.17) is 14.2 Å². The molecule has 6 rings (SSSR count). The Morgan fingerprint density at radius 1 is 1.07 bits per heavy atom. The first-order valence-corrected chi connectivity index (χ1v) is 14.7. The number of para-hydroxylation sites is 1. The van der Waals surface area contributed by atoms with Crippen LogP contribution in [-0.4, -0.2) is 85.8 Å². The third-order valence-electron chi connectivity index (χ3n) is 8.70. The Kier molecular flexibility index (Phi) is 7.63. The van der Waals surface area contributed by atoms with Crippen molar-refractivity contribution in [2.24, 2.45) is 5.41 Å². The Hall–Kier alpha value is -5.07. The minimum absolute atomic E-state index is 0.0542. The first-order chi connectivity index (χ1) is 21.5. The van der Waals surface area contributed by atoms with Crippen LogP contribution in [0.1, 0.15) is 60.4 Å². The Balaban J connectivity index is 1.14. The largest absolute Gasteiger partial charge is 0.496 e. The summed E-state index contributed by atoms with van der Waals surface area (Å²) in [6, 6.07) is 12.4. The molecule has 0 aliphatic carbocycles. The smallest absolute Gasteiger partial charge is 0.309 e. The number of nitrogens with zero attached hydrogens (tertiary/aromatic N) is 6. The maximum atomic E-state index is 13.6. The van der Waals surface area contributed by atoms with Gasteiger partial charge in [-0.3, -0.25) is 14.4 Å². The minimum Gasteiger partial charge on any atom is -0.496 e. The van der Waals surface area contributed by atoms with Crippen molar-refractivity contribution in [3.63, 3.8) is 0 Å². The maximum Gasteiger partial charge on any atom is 0.309 e. The standard InChI is InChI=1S/C32H34N6O7/c1-31(2,30(41)42)10-15-38-35-28(34-36-38)19-8-9-24-21(16-19)23(39)18-32(45-24)11-13-37(14-12-32)29(40)22-17-26(44-4)20-6-5-7-25(43-3)27(20)33-22/h5-9,16-17H,10-15,18H2,1-4H3,(H,41,42). The number of rotatable bonds is 8. The number of aliphatic carboxylic acids is 1. The molecule has 0 unspecified atom stereocenters. The maximum absolute atomic E-state index is 13.6. The van der Waals surface area contributed by atoms with Gasteiger partial charge in [0.1, 0.15) is 34.1 Å². The molecule has 45 heavy (non-hydrogen) atoms. The second-order valence-corrected chi connectivity index (χ2v) is 12.1. The molecule has 2 aromatic carbocycles. The molecule has 1 amide bonds. The van der Waals surface area contributed by atoms with E-state index >= 15 is 0 Å². The molecule has 1 N–H and O–H groups in total. The zero-order valence-electron chi connectivity index (χ0n) is 25.6. The van der Waals surface area contributed by atoms with Crippen molar-refractivity contribution in [3.05, 3.63) is 53.7 Å². The Labute approximate surface area is 259 Å². The third kappa shape index (κ3) is 5.65. The fourth-order valence-electron chi connectivity index (χ4n) is 5.77. The number of fused-ring (bicyclic) bond motifs is 2. The lowest BCUT2D eigenvalue weighted by atomic mass is 9.82. The number of benzene rings is 2. The van der Waals surface area contributed by atoms with Crippen LogP contribution in [0.4, 0.5) is 0 Å². The van der Waals surface area contributed by atoms with Gasteiger partial charge in [0.2, 0.25) is 5.82 Å². The SMILES string of the molecule is COc1cc(C(=O)N2CCC3(CC2)CC(=O)c2cc(-c4nnn(CCC(C)(C)C(=O)O)n4)ccc2O3)nc2c(OC)cccc12. The highest BCUT2D eigenvalue weighted by molar-refractivity contribution is 6.01. The summed E-state index contributed by atoms with van der Waals surface area (Å²) >= 11 is 0. The van der Waals surface area contributed by atoms with Crippen LogP contribution in [0, 0.1) is 5.41 Å². The first kappa shape index (κ1) is 30.0. The van der Waals surface area contributed by atoms with Gasteiger partial charge in [0.25, 0.3) is 5.91 Å². The molecule has 0 radical (unpaired) electrons. The number of Topliss-reactive ketones (excluding diaryl/α,β-unsaturated/α-hetero) is 1. The van der Waals surface area contributed by atoms with E-state index in [-0.39, 0.29) is 23.8 Å². The summed E-state index contributed by atoms with van der Waals surface area (Å²) in [6.07, 6.45) is 1.50. The number of aromatic nitrogens is 5.